The van der Waals surface area contributed by atoms with Gasteiger partial charge in [0, 0.05) is 40.6 Å². The van der Waals surface area contributed by atoms with Gasteiger partial charge in [0.25, 0.3) is 0 Å². The fraction of sp³-hybridized carbons (Fsp3) is 0.208. The van der Waals surface area contributed by atoms with Crippen LogP contribution in [0.1, 0.15) is 19.4 Å². The molecule has 1 aromatic heterocycles. The van der Waals surface area contributed by atoms with Crippen molar-refractivity contribution in [3.63, 3.8) is 0 Å². The number of carbonyl (C=O) groups excluding carboxylic acids is 1. The van der Waals surface area contributed by atoms with E-state index in [2.05, 4.69) is 58.5 Å². The first kappa shape index (κ1) is 18.1. The number of amides is 1. The molecule has 0 aliphatic carbocycles. The van der Waals surface area contributed by atoms with E-state index in [1.165, 1.54) is 21.8 Å². The first-order valence-corrected chi connectivity index (χ1v) is 9.76. The largest absolute Gasteiger partial charge is 0.374 e. The van der Waals surface area contributed by atoms with Crippen LogP contribution < -0.4 is 10.6 Å². The van der Waals surface area contributed by atoms with Crippen LogP contribution >= 0.6 is 0 Å². The van der Waals surface area contributed by atoms with E-state index in [0.717, 1.165) is 17.8 Å². The SMILES string of the molecule is CCn1c2ccccc2c2cc(NC(C)C(=O)NCc3ccccc3)ccc21. The van der Waals surface area contributed by atoms with Gasteiger partial charge in [0.2, 0.25) is 5.91 Å². The van der Waals surface area contributed by atoms with Gasteiger partial charge in [-0.25, -0.2) is 0 Å². The van der Waals surface area contributed by atoms with Gasteiger partial charge in [-0.1, -0.05) is 48.5 Å². The Morgan fingerprint density at radius 2 is 1.64 bits per heavy atom. The third-order valence-electron chi connectivity index (χ3n) is 5.17. The molecular formula is C24H25N3O. The lowest BCUT2D eigenvalue weighted by Crippen LogP contribution is -2.37. The van der Waals surface area contributed by atoms with Gasteiger partial charge in [-0.3, -0.25) is 4.79 Å². The molecule has 0 radical (unpaired) electrons. The van der Waals surface area contributed by atoms with Gasteiger partial charge in [-0.2, -0.15) is 0 Å². The van der Waals surface area contributed by atoms with Gasteiger partial charge in [0.1, 0.15) is 6.04 Å². The highest BCUT2D eigenvalue weighted by Gasteiger charge is 2.14. The van der Waals surface area contributed by atoms with Crippen molar-refractivity contribution >= 4 is 33.4 Å². The van der Waals surface area contributed by atoms with Crippen molar-refractivity contribution in [1.82, 2.24) is 9.88 Å². The molecule has 0 fully saturated rings. The van der Waals surface area contributed by atoms with E-state index in [4.69, 9.17) is 0 Å². The van der Waals surface area contributed by atoms with Crippen LogP contribution in [0.15, 0.2) is 72.8 Å². The Hall–Kier alpha value is -3.27. The van der Waals surface area contributed by atoms with E-state index in [0.29, 0.717) is 6.54 Å². The summed E-state index contributed by atoms with van der Waals surface area (Å²) in [5.41, 5.74) is 4.51. The van der Waals surface area contributed by atoms with Crippen LogP contribution in [0.5, 0.6) is 0 Å². The maximum atomic E-state index is 12.5. The summed E-state index contributed by atoms with van der Waals surface area (Å²) in [7, 11) is 0. The van der Waals surface area contributed by atoms with Crippen molar-refractivity contribution in [3.05, 3.63) is 78.4 Å². The number of rotatable bonds is 6. The topological polar surface area (TPSA) is 46.1 Å². The summed E-state index contributed by atoms with van der Waals surface area (Å²) >= 11 is 0. The Bertz CT molecular complexity index is 1110. The minimum Gasteiger partial charge on any atom is -0.374 e. The molecule has 4 aromatic rings. The summed E-state index contributed by atoms with van der Waals surface area (Å²) in [5.74, 6) is -0.0139. The zero-order valence-electron chi connectivity index (χ0n) is 16.3. The van der Waals surface area contributed by atoms with Crippen LogP contribution in [0.3, 0.4) is 0 Å². The quantitative estimate of drug-likeness (QED) is 0.505. The lowest BCUT2D eigenvalue weighted by Gasteiger charge is -2.15. The van der Waals surface area contributed by atoms with Crippen LogP contribution in [-0.4, -0.2) is 16.5 Å². The minimum absolute atomic E-state index is 0.0139. The van der Waals surface area contributed by atoms with Crippen LogP contribution in [0.4, 0.5) is 5.69 Å². The molecule has 1 amide bonds. The molecule has 0 aliphatic heterocycles. The Kier molecular flexibility index (Phi) is 5.02. The normalized spacial score (nSPS) is 12.2. The number of anilines is 1. The van der Waals surface area contributed by atoms with Crippen LogP contribution in [0.2, 0.25) is 0 Å². The first-order chi connectivity index (χ1) is 13.7. The third-order valence-corrected chi connectivity index (χ3v) is 5.17. The number of hydrogen-bond acceptors (Lipinski definition) is 2. The summed E-state index contributed by atoms with van der Waals surface area (Å²) in [6.45, 7) is 5.51. The third kappa shape index (κ3) is 3.46. The molecule has 2 N–H and O–H groups in total. The molecule has 142 valence electrons. The van der Waals surface area contributed by atoms with Crippen molar-refractivity contribution in [2.45, 2.75) is 33.0 Å². The van der Waals surface area contributed by atoms with Crippen molar-refractivity contribution in [2.24, 2.45) is 0 Å². The van der Waals surface area contributed by atoms with E-state index in [1.54, 1.807) is 0 Å². The highest BCUT2D eigenvalue weighted by atomic mass is 16.2. The molecule has 3 aromatic carbocycles. The lowest BCUT2D eigenvalue weighted by atomic mass is 10.1. The van der Waals surface area contributed by atoms with Crippen molar-refractivity contribution in [1.29, 1.82) is 0 Å². The molecule has 4 heteroatoms. The summed E-state index contributed by atoms with van der Waals surface area (Å²) in [6.07, 6.45) is 0. The highest BCUT2D eigenvalue weighted by molar-refractivity contribution is 6.09. The number of benzene rings is 3. The predicted octanol–water partition coefficient (Wildman–Crippen LogP) is 4.93. The molecule has 0 bridgehead atoms. The number of fused-ring (bicyclic) bond motifs is 3. The second-order valence-corrected chi connectivity index (χ2v) is 7.06. The van der Waals surface area contributed by atoms with Crippen molar-refractivity contribution < 1.29 is 4.79 Å². The molecule has 0 saturated carbocycles. The summed E-state index contributed by atoms with van der Waals surface area (Å²) in [4.78, 5) is 12.5. The second kappa shape index (κ2) is 7.77. The maximum absolute atomic E-state index is 12.5. The predicted molar refractivity (Wildman–Crippen MR) is 116 cm³/mol. The first-order valence-electron chi connectivity index (χ1n) is 9.76. The molecule has 4 rings (SSSR count). The van der Waals surface area contributed by atoms with Gasteiger partial charge in [-0.05, 0) is 43.7 Å². The van der Waals surface area contributed by atoms with Crippen molar-refractivity contribution in [2.75, 3.05) is 5.32 Å². The van der Waals surface area contributed by atoms with Crippen LogP contribution in [0.25, 0.3) is 21.8 Å². The number of aromatic nitrogens is 1. The number of nitrogens with zero attached hydrogens (tertiary/aromatic N) is 1. The standard InChI is InChI=1S/C24H25N3O/c1-3-27-22-12-8-7-11-20(22)21-15-19(13-14-23(21)27)26-17(2)24(28)25-16-18-9-5-4-6-10-18/h4-15,17,26H,3,16H2,1-2H3,(H,25,28). The average molecular weight is 371 g/mol. The van der Waals surface area contributed by atoms with Crippen molar-refractivity contribution in [3.8, 4) is 0 Å². The average Bonchev–Trinajstić information content (AvgIpc) is 3.05. The fourth-order valence-corrected chi connectivity index (χ4v) is 3.74. The van der Waals surface area contributed by atoms with E-state index >= 15 is 0 Å². The minimum atomic E-state index is -0.319. The second-order valence-electron chi connectivity index (χ2n) is 7.06. The summed E-state index contributed by atoms with van der Waals surface area (Å²) in [5, 5.41) is 8.78. The van der Waals surface area contributed by atoms with E-state index in [1.807, 2.05) is 43.3 Å². The molecule has 0 saturated heterocycles. The molecule has 0 aliphatic rings. The zero-order valence-corrected chi connectivity index (χ0v) is 16.3. The maximum Gasteiger partial charge on any atom is 0.242 e. The molecule has 4 nitrogen and oxygen atoms in total. The molecule has 0 spiro atoms. The van der Waals surface area contributed by atoms with Gasteiger partial charge in [-0.15, -0.1) is 0 Å². The highest BCUT2D eigenvalue weighted by Crippen LogP contribution is 2.31. The summed E-state index contributed by atoms with van der Waals surface area (Å²) < 4.78 is 2.32. The Morgan fingerprint density at radius 3 is 2.43 bits per heavy atom. The number of hydrogen-bond donors (Lipinski definition) is 2. The van der Waals surface area contributed by atoms with Gasteiger partial charge in [0.15, 0.2) is 0 Å². The molecule has 28 heavy (non-hydrogen) atoms. The number of para-hydroxylation sites is 1. The lowest BCUT2D eigenvalue weighted by molar-refractivity contribution is -0.121. The Balaban J connectivity index is 1.53. The van der Waals surface area contributed by atoms with Crippen LogP contribution in [-0.2, 0) is 17.9 Å². The van der Waals surface area contributed by atoms with E-state index in [9.17, 15) is 4.79 Å². The molecule has 1 heterocycles. The zero-order chi connectivity index (χ0) is 19.5. The number of aryl methyl sites for hydroxylation is 1. The van der Waals surface area contributed by atoms with E-state index in [-0.39, 0.29) is 11.9 Å². The molecule has 1 unspecified atom stereocenters. The number of nitrogens with one attached hydrogen (secondary N) is 2. The summed E-state index contributed by atoms with van der Waals surface area (Å²) in [6, 6.07) is 24.4. The Morgan fingerprint density at radius 1 is 0.929 bits per heavy atom. The fourth-order valence-electron chi connectivity index (χ4n) is 3.74. The number of carbonyl (C=O) groups is 1. The van der Waals surface area contributed by atoms with Gasteiger partial charge >= 0.3 is 0 Å². The molecule has 1 atom stereocenters. The van der Waals surface area contributed by atoms with Gasteiger partial charge in [0.05, 0.1) is 0 Å². The van der Waals surface area contributed by atoms with E-state index < -0.39 is 0 Å². The van der Waals surface area contributed by atoms with Gasteiger partial charge < -0.3 is 15.2 Å². The smallest absolute Gasteiger partial charge is 0.242 e. The van der Waals surface area contributed by atoms with Crippen LogP contribution in [0, 0.1) is 0 Å². The Labute approximate surface area is 165 Å². The molecular weight excluding hydrogens is 346 g/mol. The monoisotopic (exact) mass is 371 g/mol.